The fourth-order valence-corrected chi connectivity index (χ4v) is 5.62. The van der Waals surface area contributed by atoms with Gasteiger partial charge < -0.3 is 11.1 Å². The van der Waals surface area contributed by atoms with Crippen LogP contribution in [0.2, 0.25) is 0 Å². The smallest absolute Gasteiger partial charge is 0.0340 e. The first-order valence-electron chi connectivity index (χ1n) is 14.5. The van der Waals surface area contributed by atoms with E-state index in [9.17, 15) is 0 Å². The lowest BCUT2D eigenvalue weighted by Gasteiger charge is -2.18. The summed E-state index contributed by atoms with van der Waals surface area (Å²) in [7, 11) is 0. The Bertz CT molecular complexity index is 1850. The molecule has 0 bridgehead atoms. The number of rotatable bonds is 5. The second-order valence-electron chi connectivity index (χ2n) is 10.3. The maximum Gasteiger partial charge on any atom is 0.0340 e. The minimum atomic E-state index is 0.822. The van der Waals surface area contributed by atoms with Gasteiger partial charge in [0.1, 0.15) is 0 Å². The highest BCUT2D eigenvalue weighted by molar-refractivity contribution is 6.21. The molecule has 0 amide bonds. The average Bonchev–Trinajstić information content (AvgIpc) is 3.05. The summed E-state index contributed by atoms with van der Waals surface area (Å²) in [6.45, 7) is 3.04. The van der Waals surface area contributed by atoms with Crippen LogP contribution in [-0.2, 0) is 0 Å². The number of para-hydroxylation sites is 1. The third-order valence-corrected chi connectivity index (χ3v) is 7.57. The van der Waals surface area contributed by atoms with Crippen molar-refractivity contribution in [1.82, 2.24) is 0 Å². The number of nitrogens with one attached hydrogen (secondary N) is 1. The van der Waals surface area contributed by atoms with Crippen molar-refractivity contribution in [3.63, 3.8) is 0 Å². The van der Waals surface area contributed by atoms with Crippen molar-refractivity contribution in [3.05, 3.63) is 158 Å². The third kappa shape index (κ3) is 5.61. The summed E-state index contributed by atoms with van der Waals surface area (Å²) < 4.78 is 0. The normalized spacial score (nSPS) is 10.7. The molecule has 0 fully saturated rings. The van der Waals surface area contributed by atoms with Crippen molar-refractivity contribution in [1.29, 1.82) is 0 Å². The van der Waals surface area contributed by atoms with Gasteiger partial charge >= 0.3 is 0 Å². The summed E-state index contributed by atoms with van der Waals surface area (Å²) in [4.78, 5) is 0. The molecule has 7 aromatic rings. The van der Waals surface area contributed by atoms with E-state index in [1.807, 2.05) is 30.3 Å². The Hall–Kier alpha value is -5.34. The molecule has 0 aliphatic carbocycles. The summed E-state index contributed by atoms with van der Waals surface area (Å²) in [5.41, 5.74) is 14.9. The van der Waals surface area contributed by atoms with Crippen LogP contribution in [0.5, 0.6) is 0 Å². The summed E-state index contributed by atoms with van der Waals surface area (Å²) in [5.74, 6) is 0. The number of nitrogens with two attached hydrogens (primary N) is 1. The van der Waals surface area contributed by atoms with E-state index in [-0.39, 0.29) is 0 Å². The maximum atomic E-state index is 5.36. The number of nitrogen functional groups attached to an aromatic ring is 1. The first-order chi connectivity index (χ1) is 20.7. The first kappa shape index (κ1) is 26.9. The molecule has 42 heavy (non-hydrogen) atoms. The number of benzene rings is 7. The molecule has 2 nitrogen and oxygen atoms in total. The molecule has 0 aliphatic heterocycles. The van der Waals surface area contributed by atoms with Gasteiger partial charge in [0.2, 0.25) is 0 Å². The molecular weight excluding hydrogens is 508 g/mol. The molecule has 0 saturated carbocycles. The van der Waals surface area contributed by atoms with Crippen LogP contribution in [0.15, 0.2) is 158 Å². The lowest BCUT2D eigenvalue weighted by molar-refractivity contribution is 1.21. The van der Waals surface area contributed by atoms with E-state index in [2.05, 4.69) is 140 Å². The van der Waals surface area contributed by atoms with Crippen molar-refractivity contribution in [3.8, 4) is 33.4 Å². The van der Waals surface area contributed by atoms with Crippen LogP contribution in [0.4, 0.5) is 11.4 Å². The van der Waals surface area contributed by atoms with Crippen LogP contribution >= 0.6 is 0 Å². The summed E-state index contributed by atoms with van der Waals surface area (Å²) in [5, 5.41) is 8.54. The van der Waals surface area contributed by atoms with Crippen molar-refractivity contribution >= 4 is 32.9 Å². The van der Waals surface area contributed by atoms with Crippen molar-refractivity contribution in [2.24, 2.45) is 0 Å². The average molecular weight is 543 g/mol. The van der Waals surface area contributed by atoms with Crippen LogP contribution in [0, 0.1) is 0 Å². The zero-order valence-corrected chi connectivity index (χ0v) is 23.8. The predicted octanol–water partition coefficient (Wildman–Crippen LogP) is 10.7. The SMILES string of the molecule is CCNc1ccc(-c2c3ccccc3c(-c3ccc(-c4ccccc4)cc3)c3ccccc23)cc1.Nc1ccccc1. The van der Waals surface area contributed by atoms with Gasteiger partial charge in [0, 0.05) is 17.9 Å². The van der Waals surface area contributed by atoms with E-state index in [4.69, 9.17) is 5.73 Å². The molecule has 7 rings (SSSR count). The number of fused-ring (bicyclic) bond motifs is 2. The summed E-state index contributed by atoms with van der Waals surface area (Å²) in [6.07, 6.45) is 0. The number of hydrogen-bond donors (Lipinski definition) is 2. The van der Waals surface area contributed by atoms with Gasteiger partial charge in [-0.15, -0.1) is 0 Å². The van der Waals surface area contributed by atoms with Gasteiger partial charge in [-0.05, 0) is 86.1 Å². The Morgan fingerprint density at radius 2 is 0.762 bits per heavy atom. The van der Waals surface area contributed by atoms with Crippen molar-refractivity contribution < 1.29 is 0 Å². The monoisotopic (exact) mass is 542 g/mol. The highest BCUT2D eigenvalue weighted by atomic mass is 14.8. The topological polar surface area (TPSA) is 38.0 Å². The predicted molar refractivity (Wildman–Crippen MR) is 183 cm³/mol. The lowest BCUT2D eigenvalue weighted by Crippen LogP contribution is -1.96. The first-order valence-corrected chi connectivity index (χ1v) is 14.5. The van der Waals surface area contributed by atoms with Gasteiger partial charge in [-0.1, -0.05) is 133 Å². The molecule has 204 valence electrons. The molecule has 0 atom stereocenters. The molecule has 2 heteroatoms. The van der Waals surface area contributed by atoms with Crippen LogP contribution in [-0.4, -0.2) is 6.54 Å². The third-order valence-electron chi connectivity index (χ3n) is 7.57. The number of hydrogen-bond acceptors (Lipinski definition) is 2. The van der Waals surface area contributed by atoms with E-state index < -0.39 is 0 Å². The molecule has 7 aromatic carbocycles. The fraction of sp³-hybridized carbons (Fsp3) is 0.0500. The van der Waals surface area contributed by atoms with Crippen molar-refractivity contribution in [2.75, 3.05) is 17.6 Å². The molecule has 0 saturated heterocycles. The van der Waals surface area contributed by atoms with Gasteiger partial charge in [-0.2, -0.15) is 0 Å². The Kier molecular flexibility index (Phi) is 7.96. The quantitative estimate of drug-likeness (QED) is 0.168. The van der Waals surface area contributed by atoms with E-state index in [0.717, 1.165) is 17.9 Å². The highest BCUT2D eigenvalue weighted by Crippen LogP contribution is 2.43. The molecule has 3 N–H and O–H groups in total. The minimum Gasteiger partial charge on any atom is -0.399 e. The molecule has 0 unspecified atom stereocenters. The van der Waals surface area contributed by atoms with Gasteiger partial charge in [0.15, 0.2) is 0 Å². The highest BCUT2D eigenvalue weighted by Gasteiger charge is 2.16. The van der Waals surface area contributed by atoms with E-state index in [0.29, 0.717) is 0 Å². The van der Waals surface area contributed by atoms with E-state index in [1.54, 1.807) is 0 Å². The van der Waals surface area contributed by atoms with Gasteiger partial charge in [-0.3, -0.25) is 0 Å². The van der Waals surface area contributed by atoms with Crippen LogP contribution < -0.4 is 11.1 Å². The second-order valence-corrected chi connectivity index (χ2v) is 10.3. The maximum absolute atomic E-state index is 5.36. The van der Waals surface area contributed by atoms with Crippen LogP contribution in [0.3, 0.4) is 0 Å². The molecule has 0 spiro atoms. The van der Waals surface area contributed by atoms with Crippen molar-refractivity contribution in [2.45, 2.75) is 6.92 Å². The van der Waals surface area contributed by atoms with Gasteiger partial charge in [-0.25, -0.2) is 0 Å². The summed E-state index contributed by atoms with van der Waals surface area (Å²) in [6, 6.07) is 55.5. The second kappa shape index (κ2) is 12.4. The molecular formula is C40H34N2. The van der Waals surface area contributed by atoms with Crippen LogP contribution in [0.1, 0.15) is 6.92 Å². The molecule has 0 aliphatic rings. The van der Waals surface area contributed by atoms with Gasteiger partial charge in [0.05, 0.1) is 0 Å². The molecule has 0 heterocycles. The summed E-state index contributed by atoms with van der Waals surface area (Å²) >= 11 is 0. The zero-order chi connectivity index (χ0) is 28.7. The molecule has 0 radical (unpaired) electrons. The van der Waals surface area contributed by atoms with Crippen LogP contribution in [0.25, 0.3) is 54.9 Å². The standard InChI is InChI=1S/C34H27N.C6H7N/c1-2-35-28-22-20-27(21-23-28)34-31-14-8-6-12-29(31)33(30-13-7-9-15-32(30)34)26-18-16-25(17-19-26)24-10-4-3-5-11-24;7-6-4-2-1-3-5-6/h3-23,35H,2H2,1H3;1-5H,7H2. The Balaban J connectivity index is 0.000000397. The fourth-order valence-electron chi connectivity index (χ4n) is 5.62. The Morgan fingerprint density at radius 3 is 1.17 bits per heavy atom. The van der Waals surface area contributed by atoms with E-state index in [1.165, 1.54) is 54.9 Å². The largest absolute Gasteiger partial charge is 0.399 e. The Morgan fingerprint density at radius 1 is 0.405 bits per heavy atom. The minimum absolute atomic E-state index is 0.822. The number of anilines is 2. The Labute approximate surface area is 248 Å². The molecule has 0 aromatic heterocycles. The zero-order valence-electron chi connectivity index (χ0n) is 23.8. The van der Waals surface area contributed by atoms with Gasteiger partial charge in [0.25, 0.3) is 0 Å². The van der Waals surface area contributed by atoms with E-state index >= 15 is 0 Å². The lowest BCUT2D eigenvalue weighted by atomic mass is 9.85.